The molecule has 0 unspecified atom stereocenters. The number of H-pyrrole nitrogens is 1. The number of benzene rings is 1. The summed E-state index contributed by atoms with van der Waals surface area (Å²) in [5, 5.41) is 16.4. The predicted octanol–water partition coefficient (Wildman–Crippen LogP) is 3.41. The van der Waals surface area contributed by atoms with Gasteiger partial charge in [0.25, 0.3) is 0 Å². The summed E-state index contributed by atoms with van der Waals surface area (Å²) < 4.78 is 9.45. The summed E-state index contributed by atoms with van der Waals surface area (Å²) in [6, 6.07) is 7.11. The van der Waals surface area contributed by atoms with Crippen LogP contribution < -0.4 is 4.74 Å². The molecule has 0 radical (unpaired) electrons. The second-order valence-corrected chi connectivity index (χ2v) is 6.28. The average Bonchev–Trinajstić information content (AvgIpc) is 3.05. The molecule has 3 rings (SSSR count). The Kier molecular flexibility index (Phi) is 5.00. The maximum atomic E-state index is 5.87. The molecule has 0 aliphatic heterocycles. The van der Waals surface area contributed by atoms with Gasteiger partial charge in [-0.1, -0.05) is 11.6 Å². The quantitative estimate of drug-likeness (QED) is 0.547. The highest BCUT2D eigenvalue weighted by Gasteiger charge is 2.09. The second-order valence-electron chi connectivity index (χ2n) is 5.45. The zero-order valence-corrected chi connectivity index (χ0v) is 15.6. The summed E-state index contributed by atoms with van der Waals surface area (Å²) in [4.78, 5) is 0. The number of hydrogen-bond donors (Lipinski definition) is 1. The van der Waals surface area contributed by atoms with E-state index in [2.05, 4.69) is 20.4 Å². The van der Waals surface area contributed by atoms with Crippen molar-refractivity contribution in [3.05, 3.63) is 56.8 Å². The molecule has 0 aliphatic carbocycles. The fourth-order valence-electron chi connectivity index (χ4n) is 2.31. The number of ether oxygens (including phenoxy) is 1. The van der Waals surface area contributed by atoms with E-state index in [1.165, 1.54) is 4.68 Å². The van der Waals surface area contributed by atoms with E-state index in [-0.39, 0.29) is 6.61 Å². The Labute approximate surface area is 154 Å². The van der Waals surface area contributed by atoms with Gasteiger partial charge in [-0.05, 0) is 50.3 Å². The van der Waals surface area contributed by atoms with E-state index in [1.807, 2.05) is 25.6 Å². The Morgan fingerprint density at radius 3 is 2.68 bits per heavy atom. The van der Waals surface area contributed by atoms with Crippen LogP contribution in [0, 0.1) is 18.6 Å². The van der Waals surface area contributed by atoms with Crippen LogP contribution in [0.4, 0.5) is 0 Å². The lowest BCUT2D eigenvalue weighted by atomic mass is 10.2. The molecular formula is C16H17ClN6OS. The van der Waals surface area contributed by atoms with Crippen molar-refractivity contribution in [3.63, 3.8) is 0 Å². The normalized spacial score (nSPS) is 11.4. The minimum atomic E-state index is 0.219. The van der Waals surface area contributed by atoms with Gasteiger partial charge >= 0.3 is 0 Å². The number of rotatable bonds is 5. The van der Waals surface area contributed by atoms with Gasteiger partial charge in [0, 0.05) is 23.3 Å². The van der Waals surface area contributed by atoms with Crippen molar-refractivity contribution in [2.24, 2.45) is 12.1 Å². The maximum absolute atomic E-state index is 5.87. The molecule has 9 heteroatoms. The lowest BCUT2D eigenvalue weighted by Crippen LogP contribution is -2.04. The molecule has 0 bridgehead atoms. The number of hydrogen-bond acceptors (Lipinski definition) is 5. The predicted molar refractivity (Wildman–Crippen MR) is 98.9 cm³/mol. The molecule has 0 aliphatic rings. The van der Waals surface area contributed by atoms with Gasteiger partial charge in [0.1, 0.15) is 12.4 Å². The van der Waals surface area contributed by atoms with Crippen molar-refractivity contribution in [1.29, 1.82) is 0 Å². The minimum absolute atomic E-state index is 0.219. The van der Waals surface area contributed by atoms with Crippen molar-refractivity contribution < 1.29 is 4.74 Å². The molecule has 0 spiro atoms. The monoisotopic (exact) mass is 376 g/mol. The second kappa shape index (κ2) is 7.20. The lowest BCUT2D eigenvalue weighted by molar-refractivity contribution is 0.290. The van der Waals surface area contributed by atoms with Gasteiger partial charge in [0.15, 0.2) is 5.82 Å². The molecule has 2 heterocycles. The van der Waals surface area contributed by atoms with E-state index in [1.54, 1.807) is 30.5 Å². The Balaban J connectivity index is 1.80. The van der Waals surface area contributed by atoms with E-state index < -0.39 is 0 Å². The topological polar surface area (TPSA) is 73.0 Å². The first kappa shape index (κ1) is 17.4. The standard InChI is InChI=1S/C16H17ClN6OS/c1-10-14(11(2)22(3)21-10)8-18-23-15(19-20-16(23)25)9-24-13-6-4-12(17)5-7-13/h4-8H,9H2,1-3H3,(H,20,25). The van der Waals surface area contributed by atoms with Crippen molar-refractivity contribution in [2.45, 2.75) is 20.5 Å². The van der Waals surface area contributed by atoms with E-state index >= 15 is 0 Å². The third kappa shape index (κ3) is 3.80. The number of nitrogens with zero attached hydrogens (tertiary/aromatic N) is 5. The van der Waals surface area contributed by atoms with Crippen LogP contribution >= 0.6 is 23.8 Å². The van der Waals surface area contributed by atoms with Crippen molar-refractivity contribution in [2.75, 3.05) is 0 Å². The Morgan fingerprint density at radius 1 is 1.32 bits per heavy atom. The molecule has 1 aromatic carbocycles. The van der Waals surface area contributed by atoms with Crippen LogP contribution in [0.5, 0.6) is 5.75 Å². The van der Waals surface area contributed by atoms with Crippen LogP contribution in [0.1, 0.15) is 22.8 Å². The summed E-state index contributed by atoms with van der Waals surface area (Å²) in [5.41, 5.74) is 2.88. The van der Waals surface area contributed by atoms with Crippen LogP contribution in [-0.2, 0) is 13.7 Å². The maximum Gasteiger partial charge on any atom is 0.216 e. The summed E-state index contributed by atoms with van der Waals surface area (Å²) in [6.07, 6.45) is 1.73. The molecule has 3 aromatic rings. The fourth-order valence-corrected chi connectivity index (χ4v) is 2.63. The molecule has 25 heavy (non-hydrogen) atoms. The van der Waals surface area contributed by atoms with Gasteiger partial charge in [-0.25, -0.2) is 5.10 Å². The molecule has 2 aromatic heterocycles. The van der Waals surface area contributed by atoms with Crippen LogP contribution in [-0.4, -0.2) is 30.9 Å². The summed E-state index contributed by atoms with van der Waals surface area (Å²) in [5.74, 6) is 1.25. The van der Waals surface area contributed by atoms with Gasteiger partial charge in [-0.2, -0.15) is 20.0 Å². The third-order valence-corrected chi connectivity index (χ3v) is 4.28. The SMILES string of the molecule is Cc1nn(C)c(C)c1C=Nn1c(COc2ccc(Cl)cc2)n[nH]c1=S. The van der Waals surface area contributed by atoms with E-state index in [0.29, 0.717) is 21.4 Å². The molecule has 0 saturated heterocycles. The molecular weight excluding hydrogens is 360 g/mol. The van der Waals surface area contributed by atoms with Gasteiger partial charge in [-0.3, -0.25) is 4.68 Å². The minimum Gasteiger partial charge on any atom is -0.486 e. The number of nitrogens with one attached hydrogen (secondary N) is 1. The number of aryl methyl sites for hydroxylation is 2. The zero-order valence-electron chi connectivity index (χ0n) is 14.0. The summed E-state index contributed by atoms with van der Waals surface area (Å²) in [6.45, 7) is 4.14. The number of aromatic amines is 1. The molecule has 7 nitrogen and oxygen atoms in total. The van der Waals surface area contributed by atoms with Gasteiger partial charge in [0.05, 0.1) is 11.9 Å². The zero-order chi connectivity index (χ0) is 18.0. The highest BCUT2D eigenvalue weighted by atomic mass is 35.5. The van der Waals surface area contributed by atoms with E-state index in [4.69, 9.17) is 28.6 Å². The van der Waals surface area contributed by atoms with Crippen molar-refractivity contribution in [1.82, 2.24) is 24.7 Å². The van der Waals surface area contributed by atoms with E-state index in [9.17, 15) is 0 Å². The van der Waals surface area contributed by atoms with Gasteiger partial charge in [0.2, 0.25) is 4.77 Å². The van der Waals surface area contributed by atoms with Crippen LogP contribution in [0.25, 0.3) is 0 Å². The van der Waals surface area contributed by atoms with Gasteiger partial charge < -0.3 is 4.74 Å². The van der Waals surface area contributed by atoms with Crippen LogP contribution in [0.15, 0.2) is 29.4 Å². The smallest absolute Gasteiger partial charge is 0.216 e. The van der Waals surface area contributed by atoms with Crippen molar-refractivity contribution in [3.8, 4) is 5.75 Å². The summed E-state index contributed by atoms with van der Waals surface area (Å²) in [7, 11) is 1.90. The first-order valence-corrected chi connectivity index (χ1v) is 8.33. The fraction of sp³-hybridized carbons (Fsp3) is 0.250. The molecule has 130 valence electrons. The largest absolute Gasteiger partial charge is 0.486 e. The highest BCUT2D eigenvalue weighted by molar-refractivity contribution is 7.71. The first-order chi connectivity index (χ1) is 12.0. The Morgan fingerprint density at radius 2 is 2.04 bits per heavy atom. The van der Waals surface area contributed by atoms with Gasteiger partial charge in [-0.15, -0.1) is 0 Å². The average molecular weight is 377 g/mol. The molecule has 0 fully saturated rings. The first-order valence-electron chi connectivity index (χ1n) is 7.55. The molecule has 0 atom stereocenters. The molecule has 0 amide bonds. The van der Waals surface area contributed by atoms with Crippen molar-refractivity contribution >= 4 is 30.0 Å². The van der Waals surface area contributed by atoms with Crippen LogP contribution in [0.2, 0.25) is 5.02 Å². The molecule has 1 N–H and O–H groups in total. The summed E-state index contributed by atoms with van der Waals surface area (Å²) >= 11 is 11.1. The third-order valence-electron chi connectivity index (χ3n) is 3.77. The lowest BCUT2D eigenvalue weighted by Gasteiger charge is -2.05. The number of halogens is 1. The Bertz CT molecular complexity index is 970. The highest BCUT2D eigenvalue weighted by Crippen LogP contribution is 2.16. The number of aromatic nitrogens is 5. The molecule has 0 saturated carbocycles. The van der Waals surface area contributed by atoms with E-state index in [0.717, 1.165) is 17.0 Å². The Hall–Kier alpha value is -2.45. The van der Waals surface area contributed by atoms with Crippen LogP contribution in [0.3, 0.4) is 0 Å².